The van der Waals surface area contributed by atoms with Crippen LogP contribution in [0.4, 0.5) is 0 Å². The predicted octanol–water partition coefficient (Wildman–Crippen LogP) is 1.91. The van der Waals surface area contributed by atoms with Crippen molar-refractivity contribution in [3.05, 3.63) is 22.4 Å². The van der Waals surface area contributed by atoms with Gasteiger partial charge in [0.15, 0.2) is 0 Å². The van der Waals surface area contributed by atoms with Gasteiger partial charge in [0.05, 0.1) is 12.1 Å². The molecule has 0 radical (unpaired) electrons. The van der Waals surface area contributed by atoms with Gasteiger partial charge in [0.2, 0.25) is 5.91 Å². The van der Waals surface area contributed by atoms with Gasteiger partial charge in [0.25, 0.3) is 0 Å². The van der Waals surface area contributed by atoms with Crippen LogP contribution in [0.15, 0.2) is 17.5 Å². The van der Waals surface area contributed by atoms with Crippen molar-refractivity contribution >= 4 is 17.2 Å². The van der Waals surface area contributed by atoms with Gasteiger partial charge in [0, 0.05) is 4.88 Å². The van der Waals surface area contributed by atoms with E-state index in [1.165, 1.54) is 0 Å². The van der Waals surface area contributed by atoms with Crippen molar-refractivity contribution in [1.29, 1.82) is 0 Å². The van der Waals surface area contributed by atoms with Gasteiger partial charge < -0.3 is 11.1 Å². The Bertz CT molecular complexity index is 308. The molecule has 0 saturated heterocycles. The molecule has 0 aliphatic rings. The molecule has 0 aromatic carbocycles. The number of nitrogens with one attached hydrogen (secondary N) is 1. The second-order valence-corrected chi connectivity index (χ2v) is 4.99. The van der Waals surface area contributed by atoms with Crippen molar-refractivity contribution in [3.8, 4) is 0 Å². The van der Waals surface area contributed by atoms with Crippen molar-refractivity contribution in [2.24, 2.45) is 11.7 Å². The average Bonchev–Trinajstić information content (AvgIpc) is 2.68. The second kappa shape index (κ2) is 5.28. The number of hydrogen-bond donors (Lipinski definition) is 2. The van der Waals surface area contributed by atoms with Crippen molar-refractivity contribution < 1.29 is 4.79 Å². The molecule has 0 saturated carbocycles. The Balaban J connectivity index is 2.52. The lowest BCUT2D eigenvalue weighted by Crippen LogP contribution is -2.44. The van der Waals surface area contributed by atoms with Crippen molar-refractivity contribution in [2.45, 2.75) is 32.9 Å². The summed E-state index contributed by atoms with van der Waals surface area (Å²) in [6.07, 6.45) is 0. The van der Waals surface area contributed by atoms with Crippen LogP contribution in [0, 0.1) is 5.92 Å². The summed E-state index contributed by atoms with van der Waals surface area (Å²) in [5.74, 6) is 0.0893. The van der Waals surface area contributed by atoms with Crippen LogP contribution in [0.2, 0.25) is 0 Å². The largest absolute Gasteiger partial charge is 0.347 e. The first-order valence-electron chi connectivity index (χ1n) is 5.11. The molecule has 15 heavy (non-hydrogen) atoms. The second-order valence-electron chi connectivity index (χ2n) is 4.02. The number of hydrogen-bond acceptors (Lipinski definition) is 3. The molecular formula is C11H18N2OS. The van der Waals surface area contributed by atoms with Gasteiger partial charge >= 0.3 is 0 Å². The first-order chi connectivity index (χ1) is 7.02. The summed E-state index contributed by atoms with van der Waals surface area (Å²) in [4.78, 5) is 12.8. The maximum atomic E-state index is 11.7. The highest BCUT2D eigenvalue weighted by Gasteiger charge is 2.19. The van der Waals surface area contributed by atoms with Gasteiger partial charge in [-0.3, -0.25) is 4.79 Å². The SMILES string of the molecule is CC(C)[C@@H](N)C(=O)N[C@@H](C)c1cccs1. The fourth-order valence-corrected chi connectivity index (χ4v) is 1.96. The highest BCUT2D eigenvalue weighted by atomic mass is 32.1. The van der Waals surface area contributed by atoms with Crippen LogP contribution in [-0.2, 0) is 4.79 Å². The number of thiophene rings is 1. The highest BCUT2D eigenvalue weighted by Crippen LogP contribution is 2.18. The monoisotopic (exact) mass is 226 g/mol. The molecule has 0 spiro atoms. The molecule has 3 N–H and O–H groups in total. The Morgan fingerprint density at radius 3 is 2.60 bits per heavy atom. The summed E-state index contributed by atoms with van der Waals surface area (Å²) in [7, 11) is 0. The standard InChI is InChI=1S/C11H18N2OS/c1-7(2)10(12)11(14)13-8(3)9-5-4-6-15-9/h4-8,10H,12H2,1-3H3,(H,13,14)/t8-,10+/m0/s1. The topological polar surface area (TPSA) is 55.1 Å². The van der Waals surface area contributed by atoms with E-state index < -0.39 is 6.04 Å². The third-order valence-corrected chi connectivity index (χ3v) is 3.40. The number of rotatable bonds is 4. The van der Waals surface area contributed by atoms with Crippen molar-refractivity contribution in [3.63, 3.8) is 0 Å². The minimum Gasteiger partial charge on any atom is -0.347 e. The highest BCUT2D eigenvalue weighted by molar-refractivity contribution is 7.10. The van der Waals surface area contributed by atoms with E-state index in [9.17, 15) is 4.79 Å². The summed E-state index contributed by atoms with van der Waals surface area (Å²) in [6, 6.07) is 3.61. The van der Waals surface area contributed by atoms with Gasteiger partial charge in [-0.15, -0.1) is 11.3 Å². The van der Waals surface area contributed by atoms with E-state index >= 15 is 0 Å². The maximum absolute atomic E-state index is 11.7. The Morgan fingerprint density at radius 1 is 1.47 bits per heavy atom. The summed E-state index contributed by atoms with van der Waals surface area (Å²) >= 11 is 1.64. The molecule has 1 amide bonds. The molecule has 84 valence electrons. The molecule has 1 heterocycles. The first-order valence-corrected chi connectivity index (χ1v) is 5.99. The lowest BCUT2D eigenvalue weighted by Gasteiger charge is -2.18. The predicted molar refractivity (Wildman–Crippen MR) is 63.7 cm³/mol. The Labute approximate surface area is 94.7 Å². The van der Waals surface area contributed by atoms with Gasteiger partial charge in [-0.25, -0.2) is 0 Å². The van der Waals surface area contributed by atoms with Gasteiger partial charge in [-0.2, -0.15) is 0 Å². The number of carbonyl (C=O) groups is 1. The maximum Gasteiger partial charge on any atom is 0.237 e. The van der Waals surface area contributed by atoms with E-state index in [4.69, 9.17) is 5.73 Å². The molecule has 0 bridgehead atoms. The molecule has 1 rings (SSSR count). The molecule has 2 atom stereocenters. The van der Waals surface area contributed by atoms with Crippen molar-refractivity contribution in [1.82, 2.24) is 5.32 Å². The van der Waals surface area contributed by atoms with Crippen LogP contribution in [0.5, 0.6) is 0 Å². The van der Waals surface area contributed by atoms with E-state index in [0.717, 1.165) is 4.88 Å². The summed E-state index contributed by atoms with van der Waals surface area (Å²) in [5.41, 5.74) is 5.75. The quantitative estimate of drug-likeness (QED) is 0.824. The van der Waals surface area contributed by atoms with Gasteiger partial charge in [-0.1, -0.05) is 19.9 Å². The normalized spacial score (nSPS) is 15.0. The van der Waals surface area contributed by atoms with Gasteiger partial charge in [0.1, 0.15) is 0 Å². The minimum atomic E-state index is -0.424. The minimum absolute atomic E-state index is 0.0438. The molecule has 4 heteroatoms. The van der Waals surface area contributed by atoms with Crippen LogP contribution >= 0.6 is 11.3 Å². The lowest BCUT2D eigenvalue weighted by atomic mass is 10.0. The Hall–Kier alpha value is -0.870. The van der Waals surface area contributed by atoms with Gasteiger partial charge in [-0.05, 0) is 24.3 Å². The molecule has 1 aromatic rings. The fraction of sp³-hybridized carbons (Fsp3) is 0.545. The van der Waals surface area contributed by atoms with Crippen molar-refractivity contribution in [2.75, 3.05) is 0 Å². The molecule has 0 fully saturated rings. The molecule has 0 unspecified atom stereocenters. The zero-order valence-electron chi connectivity index (χ0n) is 9.36. The van der Waals surface area contributed by atoms with E-state index in [0.29, 0.717) is 0 Å². The van der Waals surface area contributed by atoms with Crippen LogP contribution in [0.25, 0.3) is 0 Å². The molecule has 3 nitrogen and oxygen atoms in total. The van der Waals surface area contributed by atoms with E-state index in [-0.39, 0.29) is 17.9 Å². The van der Waals surface area contributed by atoms with E-state index in [1.54, 1.807) is 11.3 Å². The average molecular weight is 226 g/mol. The smallest absolute Gasteiger partial charge is 0.237 e. The molecule has 0 aliphatic carbocycles. The Morgan fingerprint density at radius 2 is 2.13 bits per heavy atom. The van der Waals surface area contributed by atoms with Crippen LogP contribution < -0.4 is 11.1 Å². The number of amides is 1. The van der Waals surface area contributed by atoms with E-state index in [2.05, 4.69) is 5.32 Å². The lowest BCUT2D eigenvalue weighted by molar-refractivity contribution is -0.123. The van der Waals surface area contributed by atoms with E-state index in [1.807, 2.05) is 38.3 Å². The summed E-state index contributed by atoms with van der Waals surface area (Å²) in [6.45, 7) is 5.86. The molecular weight excluding hydrogens is 208 g/mol. The number of nitrogens with two attached hydrogens (primary N) is 1. The molecule has 1 aromatic heterocycles. The third kappa shape index (κ3) is 3.32. The first kappa shape index (κ1) is 12.2. The van der Waals surface area contributed by atoms with Crippen LogP contribution in [0.1, 0.15) is 31.7 Å². The Kier molecular flexibility index (Phi) is 4.29. The third-order valence-electron chi connectivity index (χ3n) is 2.35. The summed E-state index contributed by atoms with van der Waals surface area (Å²) in [5, 5.41) is 4.91. The zero-order valence-corrected chi connectivity index (χ0v) is 10.2. The fourth-order valence-electron chi connectivity index (χ4n) is 1.22. The van der Waals surface area contributed by atoms with Crippen LogP contribution in [-0.4, -0.2) is 11.9 Å². The molecule has 0 aliphatic heterocycles. The number of carbonyl (C=O) groups excluding carboxylic acids is 1. The zero-order chi connectivity index (χ0) is 11.4. The summed E-state index contributed by atoms with van der Waals surface area (Å²) < 4.78 is 0. The van der Waals surface area contributed by atoms with Crippen LogP contribution in [0.3, 0.4) is 0 Å².